The molecule has 0 atom stereocenters. The van der Waals surface area contributed by atoms with Gasteiger partial charge in [-0.25, -0.2) is 0 Å². The molecule has 0 spiro atoms. The summed E-state index contributed by atoms with van der Waals surface area (Å²) in [6.45, 7) is 3.04. The maximum atomic E-state index is 12.9. The smallest absolute Gasteiger partial charge is 0.230 e. The van der Waals surface area contributed by atoms with Crippen LogP contribution in [0.5, 0.6) is 5.75 Å². The lowest BCUT2D eigenvalue weighted by Crippen LogP contribution is -2.44. The topological polar surface area (TPSA) is 38.3 Å². The molecule has 1 aliphatic carbocycles. The highest BCUT2D eigenvalue weighted by Crippen LogP contribution is 2.41. The fraction of sp³-hybridized carbons (Fsp3) is 0.381. The summed E-state index contributed by atoms with van der Waals surface area (Å²) in [7, 11) is 0. The van der Waals surface area contributed by atoms with Gasteiger partial charge in [-0.1, -0.05) is 61.4 Å². The van der Waals surface area contributed by atoms with Crippen molar-refractivity contribution < 1.29 is 9.53 Å². The van der Waals surface area contributed by atoms with Crippen LogP contribution in [0.15, 0.2) is 54.6 Å². The third kappa shape index (κ3) is 3.45. The zero-order valence-corrected chi connectivity index (χ0v) is 14.3. The Balaban J connectivity index is 1.58. The van der Waals surface area contributed by atoms with Crippen molar-refractivity contribution in [2.45, 2.75) is 38.0 Å². The van der Waals surface area contributed by atoms with E-state index in [1.54, 1.807) is 0 Å². The van der Waals surface area contributed by atoms with Gasteiger partial charge in [0, 0.05) is 0 Å². The molecule has 2 aromatic carbocycles. The minimum atomic E-state index is -0.357. The van der Waals surface area contributed by atoms with Gasteiger partial charge in [0.05, 0.1) is 12.0 Å². The van der Waals surface area contributed by atoms with E-state index in [1.807, 2.05) is 49.4 Å². The van der Waals surface area contributed by atoms with Gasteiger partial charge in [-0.3, -0.25) is 4.79 Å². The van der Waals surface area contributed by atoms with Crippen LogP contribution in [0, 0.1) is 6.92 Å². The summed E-state index contributed by atoms with van der Waals surface area (Å²) in [4.78, 5) is 12.9. The fourth-order valence-corrected chi connectivity index (χ4v) is 3.60. The van der Waals surface area contributed by atoms with Crippen molar-refractivity contribution in [2.75, 3.05) is 13.2 Å². The van der Waals surface area contributed by atoms with E-state index in [1.165, 1.54) is 0 Å². The van der Waals surface area contributed by atoms with Crippen molar-refractivity contribution in [1.29, 1.82) is 0 Å². The number of para-hydroxylation sites is 1. The van der Waals surface area contributed by atoms with Crippen LogP contribution >= 0.6 is 0 Å². The summed E-state index contributed by atoms with van der Waals surface area (Å²) in [6, 6.07) is 18.1. The predicted molar refractivity (Wildman–Crippen MR) is 96.3 cm³/mol. The Morgan fingerprint density at radius 2 is 1.71 bits per heavy atom. The van der Waals surface area contributed by atoms with Gasteiger partial charge in [0.25, 0.3) is 0 Å². The lowest BCUT2D eigenvalue weighted by Gasteiger charge is -2.28. The summed E-state index contributed by atoms with van der Waals surface area (Å²) in [5, 5.41) is 3.09. The van der Waals surface area contributed by atoms with Gasteiger partial charge in [0.2, 0.25) is 5.91 Å². The molecular weight excluding hydrogens is 298 g/mol. The van der Waals surface area contributed by atoms with E-state index in [4.69, 9.17) is 4.74 Å². The van der Waals surface area contributed by atoms with Gasteiger partial charge in [-0.05, 0) is 37.0 Å². The first-order valence-electron chi connectivity index (χ1n) is 8.75. The van der Waals surface area contributed by atoms with Crippen LogP contribution in [0.1, 0.15) is 36.8 Å². The normalized spacial score (nSPS) is 15.9. The molecule has 0 aromatic heterocycles. The minimum absolute atomic E-state index is 0.139. The molecule has 1 aliphatic rings. The number of aryl methyl sites for hydroxylation is 1. The van der Waals surface area contributed by atoms with Crippen LogP contribution in [0.3, 0.4) is 0 Å². The fourth-order valence-electron chi connectivity index (χ4n) is 3.60. The second-order valence-corrected chi connectivity index (χ2v) is 6.53. The average Bonchev–Trinajstić information content (AvgIpc) is 3.12. The molecular formula is C21H25NO2. The van der Waals surface area contributed by atoms with E-state index < -0.39 is 0 Å². The Morgan fingerprint density at radius 3 is 2.42 bits per heavy atom. The molecule has 1 saturated carbocycles. The molecule has 3 nitrogen and oxygen atoms in total. The standard InChI is InChI=1S/C21H25NO2/c1-17-9-5-6-12-19(17)24-16-15-22-20(23)21(13-7-8-14-21)18-10-3-2-4-11-18/h2-6,9-12H,7-8,13-16H2,1H3,(H,22,23). The van der Waals surface area contributed by atoms with E-state index in [0.717, 1.165) is 42.6 Å². The SMILES string of the molecule is Cc1ccccc1OCCNC(=O)C1(c2ccccc2)CCCC1. The van der Waals surface area contributed by atoms with Crippen LogP contribution in [0.4, 0.5) is 0 Å². The predicted octanol–water partition coefficient (Wildman–Crippen LogP) is 4.00. The number of rotatable bonds is 6. The van der Waals surface area contributed by atoms with Crippen molar-refractivity contribution in [2.24, 2.45) is 0 Å². The van der Waals surface area contributed by atoms with E-state index in [0.29, 0.717) is 13.2 Å². The highest BCUT2D eigenvalue weighted by molar-refractivity contribution is 5.88. The van der Waals surface area contributed by atoms with Crippen LogP contribution in [-0.2, 0) is 10.2 Å². The van der Waals surface area contributed by atoms with Gasteiger partial charge in [0.15, 0.2) is 0 Å². The number of hydrogen-bond acceptors (Lipinski definition) is 2. The number of benzene rings is 2. The van der Waals surface area contributed by atoms with E-state index in [2.05, 4.69) is 17.4 Å². The Labute approximate surface area is 144 Å². The maximum absolute atomic E-state index is 12.9. The quantitative estimate of drug-likeness (QED) is 0.816. The van der Waals surface area contributed by atoms with Crippen LogP contribution in [0.2, 0.25) is 0 Å². The first-order chi connectivity index (χ1) is 11.7. The third-order valence-corrected chi connectivity index (χ3v) is 4.96. The molecule has 0 aliphatic heterocycles. The first-order valence-corrected chi connectivity index (χ1v) is 8.75. The van der Waals surface area contributed by atoms with E-state index in [9.17, 15) is 4.79 Å². The van der Waals surface area contributed by atoms with Crippen molar-refractivity contribution >= 4 is 5.91 Å². The monoisotopic (exact) mass is 323 g/mol. The summed E-state index contributed by atoms with van der Waals surface area (Å²) in [5.74, 6) is 1.02. The molecule has 0 saturated heterocycles. The highest BCUT2D eigenvalue weighted by atomic mass is 16.5. The van der Waals surface area contributed by atoms with Gasteiger partial charge >= 0.3 is 0 Å². The summed E-state index contributed by atoms with van der Waals surface area (Å²) in [6.07, 6.45) is 4.09. The molecule has 3 heteroatoms. The summed E-state index contributed by atoms with van der Waals surface area (Å²) >= 11 is 0. The zero-order chi connectivity index (χ0) is 16.8. The van der Waals surface area contributed by atoms with Gasteiger partial charge in [0.1, 0.15) is 12.4 Å². The molecule has 0 heterocycles. The molecule has 0 unspecified atom stereocenters. The molecule has 24 heavy (non-hydrogen) atoms. The number of hydrogen-bond donors (Lipinski definition) is 1. The van der Waals surface area contributed by atoms with Gasteiger partial charge in [-0.15, -0.1) is 0 Å². The Kier molecular flexibility index (Phi) is 5.19. The molecule has 3 rings (SSSR count). The van der Waals surface area contributed by atoms with Crippen LogP contribution in [0.25, 0.3) is 0 Å². The van der Waals surface area contributed by atoms with Crippen LogP contribution < -0.4 is 10.1 Å². The Hall–Kier alpha value is -2.29. The van der Waals surface area contributed by atoms with Crippen LogP contribution in [-0.4, -0.2) is 19.1 Å². The van der Waals surface area contributed by atoms with Crippen molar-refractivity contribution in [3.63, 3.8) is 0 Å². The lowest BCUT2D eigenvalue weighted by molar-refractivity contribution is -0.126. The summed E-state index contributed by atoms with van der Waals surface area (Å²) in [5.41, 5.74) is 1.89. The molecule has 1 amide bonds. The Morgan fingerprint density at radius 1 is 1.04 bits per heavy atom. The number of ether oxygens (including phenoxy) is 1. The van der Waals surface area contributed by atoms with Crippen molar-refractivity contribution in [3.8, 4) is 5.75 Å². The molecule has 2 aromatic rings. The van der Waals surface area contributed by atoms with Crippen molar-refractivity contribution in [3.05, 3.63) is 65.7 Å². The zero-order valence-electron chi connectivity index (χ0n) is 14.3. The molecule has 1 N–H and O–H groups in total. The summed E-state index contributed by atoms with van der Waals surface area (Å²) < 4.78 is 5.77. The lowest BCUT2D eigenvalue weighted by atomic mass is 9.78. The first kappa shape index (κ1) is 16.6. The minimum Gasteiger partial charge on any atom is -0.491 e. The van der Waals surface area contributed by atoms with Gasteiger partial charge < -0.3 is 10.1 Å². The number of carbonyl (C=O) groups is 1. The highest BCUT2D eigenvalue weighted by Gasteiger charge is 2.42. The number of amides is 1. The number of nitrogens with one attached hydrogen (secondary N) is 1. The van der Waals surface area contributed by atoms with E-state index in [-0.39, 0.29) is 11.3 Å². The molecule has 126 valence electrons. The second kappa shape index (κ2) is 7.52. The Bertz CT molecular complexity index is 675. The largest absolute Gasteiger partial charge is 0.491 e. The maximum Gasteiger partial charge on any atom is 0.230 e. The van der Waals surface area contributed by atoms with E-state index >= 15 is 0 Å². The van der Waals surface area contributed by atoms with Crippen molar-refractivity contribution in [1.82, 2.24) is 5.32 Å². The van der Waals surface area contributed by atoms with Gasteiger partial charge in [-0.2, -0.15) is 0 Å². The number of carbonyl (C=O) groups excluding carboxylic acids is 1. The molecule has 0 radical (unpaired) electrons. The molecule has 0 bridgehead atoms. The third-order valence-electron chi connectivity index (χ3n) is 4.96. The second-order valence-electron chi connectivity index (χ2n) is 6.53. The average molecular weight is 323 g/mol. The molecule has 1 fully saturated rings.